The molecule has 0 aliphatic carbocycles. The standard InChI is InChI=1S/C46H72FN5O10/c1-14-35-46(9)38(52(43(56)62-46)51(15-2)22-16-17-30-20-21-49-33-24-31(57-12)18-19-32(30)33)28(5)36(48)26(3)25-44(7,58-13)40(29(6)39(54)45(8,47)42(55)60-35)61-41-37(53)34(50(10)11)23-27(4)59-41/h18-21,24,26-29,34-38,40-41,53H,14-17,22-23,25,48H2,1-13H3/t26-,27-,28-,29+,34+,35+,36?,37-,38-,40-,41+,44+,45?,46-/m1/s1. The number of halogens is 1. The van der Waals surface area contributed by atoms with E-state index >= 15 is 4.39 Å². The molecule has 15 nitrogen and oxygen atoms in total. The van der Waals surface area contributed by atoms with Crippen LogP contribution in [-0.2, 0) is 39.7 Å². The zero-order chi connectivity index (χ0) is 46.1. The highest BCUT2D eigenvalue weighted by Crippen LogP contribution is 2.45. The summed E-state index contributed by atoms with van der Waals surface area (Å²) in [7, 11) is 6.79. The number of aliphatic hydroxyl groups excluding tert-OH is 1. The van der Waals surface area contributed by atoms with E-state index in [1.807, 2.05) is 76.0 Å². The Hall–Kier alpha value is -3.51. The van der Waals surface area contributed by atoms with Gasteiger partial charge in [-0.05, 0) is 109 Å². The van der Waals surface area contributed by atoms with E-state index in [0.717, 1.165) is 29.1 Å². The number of esters is 1. The molecule has 1 aromatic heterocycles. The van der Waals surface area contributed by atoms with Crippen LogP contribution in [0, 0.1) is 17.8 Å². The van der Waals surface area contributed by atoms with Gasteiger partial charge in [0.15, 0.2) is 17.7 Å². The number of hydrazine groups is 1. The van der Waals surface area contributed by atoms with Crippen molar-refractivity contribution in [3.05, 3.63) is 36.0 Å². The maximum atomic E-state index is 17.1. The SMILES string of the molecule is CC[C@@H]1OC(=O)C(C)(F)C(=O)[C@H](C)[C@@H](O[C@@H]2O[C@H](C)C[C@H](N(C)C)[C@H]2O)[C@@](C)(OC)C[C@@H](C)C(N)[C@@H](C)[C@H]2N(N(CC)CCCc3ccnc4cc(OC)ccc34)C(=O)O[C@]12C. The number of nitrogens with zero attached hydrogens (tertiary/aromatic N) is 4. The second kappa shape index (κ2) is 19.7. The fourth-order valence-corrected chi connectivity index (χ4v) is 10.3. The van der Waals surface area contributed by atoms with Crippen LogP contribution in [0.25, 0.3) is 10.9 Å². The molecule has 0 spiro atoms. The molecule has 4 heterocycles. The number of likely N-dealkylation sites (N-methyl/N-ethyl adjacent to an activating group) is 1. The number of hydrogen-bond acceptors (Lipinski definition) is 14. The molecular weight excluding hydrogens is 802 g/mol. The van der Waals surface area contributed by atoms with Gasteiger partial charge in [-0.25, -0.2) is 24.0 Å². The third kappa shape index (κ3) is 9.62. The number of methoxy groups -OCH3 is 2. The molecule has 3 aliphatic heterocycles. The van der Waals surface area contributed by atoms with E-state index in [2.05, 4.69) is 4.98 Å². The van der Waals surface area contributed by atoms with Gasteiger partial charge in [-0.1, -0.05) is 34.6 Å². The lowest BCUT2D eigenvalue weighted by Gasteiger charge is -2.48. The molecule has 2 aromatic rings. The molecular formula is C46H72FN5O10. The first-order valence-corrected chi connectivity index (χ1v) is 22.2. The molecule has 3 saturated heterocycles. The van der Waals surface area contributed by atoms with E-state index in [1.54, 1.807) is 39.1 Å². The Morgan fingerprint density at radius 1 is 1.06 bits per heavy atom. The summed E-state index contributed by atoms with van der Waals surface area (Å²) in [6.45, 7) is 16.2. The predicted molar refractivity (Wildman–Crippen MR) is 232 cm³/mol. The van der Waals surface area contributed by atoms with Crippen molar-refractivity contribution in [2.75, 3.05) is 41.4 Å². The maximum absolute atomic E-state index is 17.1. The summed E-state index contributed by atoms with van der Waals surface area (Å²) in [6, 6.07) is 6.05. The Morgan fingerprint density at radius 2 is 1.76 bits per heavy atom. The van der Waals surface area contributed by atoms with Crippen LogP contribution in [0.5, 0.6) is 5.75 Å². The van der Waals surface area contributed by atoms with Crippen LogP contribution >= 0.6 is 0 Å². The van der Waals surface area contributed by atoms with E-state index in [4.69, 9.17) is 34.2 Å². The van der Waals surface area contributed by atoms with Crippen LogP contribution in [0.2, 0.25) is 0 Å². The van der Waals surface area contributed by atoms with Crippen molar-refractivity contribution >= 4 is 28.7 Å². The van der Waals surface area contributed by atoms with Gasteiger partial charge in [0.05, 0.1) is 36.5 Å². The molecule has 2 unspecified atom stereocenters. The summed E-state index contributed by atoms with van der Waals surface area (Å²) in [4.78, 5) is 49.2. The third-order valence-electron chi connectivity index (χ3n) is 14.0. The number of Topliss-reactive ketones (excluding diaryl/α,β-unsaturated/α-hetero) is 1. The number of aliphatic hydroxyl groups is 1. The molecule has 5 rings (SSSR count). The molecule has 62 heavy (non-hydrogen) atoms. The van der Waals surface area contributed by atoms with Crippen LogP contribution < -0.4 is 10.5 Å². The van der Waals surface area contributed by atoms with E-state index < -0.39 is 83.2 Å². The highest BCUT2D eigenvalue weighted by Gasteiger charge is 2.62. The van der Waals surface area contributed by atoms with Gasteiger partial charge in [0.2, 0.25) is 0 Å². The number of nitrogens with two attached hydrogens (primary N) is 1. The largest absolute Gasteiger partial charge is 0.497 e. The molecule has 16 heteroatoms. The van der Waals surface area contributed by atoms with E-state index in [0.29, 0.717) is 32.4 Å². The van der Waals surface area contributed by atoms with Crippen molar-refractivity contribution in [1.82, 2.24) is 19.9 Å². The van der Waals surface area contributed by atoms with Crippen LogP contribution in [0.4, 0.5) is 9.18 Å². The molecule has 1 amide bonds. The average molecular weight is 874 g/mol. The number of carbonyl (C=O) groups is 3. The summed E-state index contributed by atoms with van der Waals surface area (Å²) < 4.78 is 53.7. The molecule has 0 radical (unpaired) electrons. The highest BCUT2D eigenvalue weighted by atomic mass is 19.1. The summed E-state index contributed by atoms with van der Waals surface area (Å²) in [5, 5.41) is 16.0. The number of alkyl halides is 1. The van der Waals surface area contributed by atoms with Gasteiger partial charge in [-0.15, -0.1) is 0 Å². The number of pyridine rings is 1. The topological polar surface area (TPSA) is 175 Å². The number of ether oxygens (including phenoxy) is 6. The van der Waals surface area contributed by atoms with Gasteiger partial charge in [0.25, 0.3) is 5.67 Å². The molecule has 0 saturated carbocycles. The van der Waals surface area contributed by atoms with Crippen molar-refractivity contribution in [2.24, 2.45) is 23.5 Å². The van der Waals surface area contributed by atoms with Crippen molar-refractivity contribution < 1.29 is 52.3 Å². The Bertz CT molecular complexity index is 1890. The number of benzene rings is 1. The maximum Gasteiger partial charge on any atom is 0.425 e. The molecule has 348 valence electrons. The molecule has 14 atom stereocenters. The van der Waals surface area contributed by atoms with Crippen LogP contribution in [0.15, 0.2) is 30.5 Å². The van der Waals surface area contributed by atoms with Gasteiger partial charge >= 0.3 is 12.1 Å². The zero-order valence-electron chi connectivity index (χ0n) is 39.1. The summed E-state index contributed by atoms with van der Waals surface area (Å²) in [5.41, 5.74) is 3.20. The Balaban J connectivity index is 1.52. The normalized spacial score (nSPS) is 37.6. The molecule has 0 bridgehead atoms. The third-order valence-corrected chi connectivity index (χ3v) is 14.0. The Labute approximate surface area is 367 Å². The number of cyclic esters (lactones) is 1. The minimum Gasteiger partial charge on any atom is -0.497 e. The second-order valence-corrected chi connectivity index (χ2v) is 18.6. The highest BCUT2D eigenvalue weighted by molar-refractivity contribution is 6.07. The quantitative estimate of drug-likeness (QED) is 0.203. The lowest BCUT2D eigenvalue weighted by atomic mass is 9.72. The lowest BCUT2D eigenvalue weighted by molar-refractivity contribution is -0.296. The number of aromatic nitrogens is 1. The van der Waals surface area contributed by atoms with Gasteiger partial charge in [-0.3, -0.25) is 9.78 Å². The predicted octanol–water partition coefficient (Wildman–Crippen LogP) is 5.47. The summed E-state index contributed by atoms with van der Waals surface area (Å²) in [6.07, 6.45) is -1.68. The van der Waals surface area contributed by atoms with Crippen molar-refractivity contribution in [2.45, 2.75) is 160 Å². The summed E-state index contributed by atoms with van der Waals surface area (Å²) >= 11 is 0. The molecule has 1 aromatic carbocycles. The van der Waals surface area contributed by atoms with E-state index in [9.17, 15) is 19.5 Å². The van der Waals surface area contributed by atoms with Crippen LogP contribution in [-0.4, -0.2) is 150 Å². The second-order valence-electron chi connectivity index (χ2n) is 18.6. The van der Waals surface area contributed by atoms with E-state index in [1.165, 1.54) is 14.0 Å². The average Bonchev–Trinajstić information content (AvgIpc) is 3.51. The number of hydrogen-bond donors (Lipinski definition) is 2. The number of rotatable bonds is 12. The van der Waals surface area contributed by atoms with Gasteiger partial charge in [-0.2, -0.15) is 0 Å². The van der Waals surface area contributed by atoms with Crippen molar-refractivity contribution in [1.29, 1.82) is 0 Å². The molecule has 3 aliphatic rings. The first-order chi connectivity index (χ1) is 29.1. The number of ketones is 1. The monoisotopic (exact) mass is 874 g/mol. The van der Waals surface area contributed by atoms with Gasteiger partial charge < -0.3 is 44.2 Å². The number of fused-ring (bicyclic) bond motifs is 2. The number of carbonyl (C=O) groups excluding carboxylic acids is 3. The van der Waals surface area contributed by atoms with Crippen molar-refractivity contribution in [3.63, 3.8) is 0 Å². The summed E-state index contributed by atoms with van der Waals surface area (Å²) in [5.74, 6) is -3.94. The minimum atomic E-state index is -3.15. The Kier molecular flexibility index (Phi) is 15.7. The fourth-order valence-electron chi connectivity index (χ4n) is 10.3. The first-order valence-electron chi connectivity index (χ1n) is 22.2. The number of aryl methyl sites for hydroxylation is 1. The fraction of sp³-hybridized carbons (Fsp3) is 0.739. The van der Waals surface area contributed by atoms with Gasteiger partial charge in [0.1, 0.15) is 18.0 Å². The number of amides is 1. The molecule has 3 N–H and O–H groups in total. The Morgan fingerprint density at radius 3 is 2.37 bits per heavy atom. The van der Waals surface area contributed by atoms with Gasteiger partial charge in [0, 0.05) is 55.9 Å². The van der Waals surface area contributed by atoms with Crippen LogP contribution in [0.1, 0.15) is 93.6 Å². The zero-order valence-corrected chi connectivity index (χ0v) is 39.1. The van der Waals surface area contributed by atoms with Crippen molar-refractivity contribution in [3.8, 4) is 5.75 Å². The lowest BCUT2D eigenvalue weighted by Crippen LogP contribution is -2.64. The molecule has 3 fully saturated rings. The first kappa shape index (κ1) is 49.5. The van der Waals surface area contributed by atoms with Crippen LogP contribution in [0.3, 0.4) is 0 Å². The van der Waals surface area contributed by atoms with E-state index in [-0.39, 0.29) is 30.9 Å². The smallest absolute Gasteiger partial charge is 0.425 e. The minimum absolute atomic E-state index is 0.138.